The Labute approximate surface area is 207 Å². The highest BCUT2D eigenvalue weighted by Crippen LogP contribution is 2.23. The van der Waals surface area contributed by atoms with Crippen LogP contribution in [0.5, 0.6) is 0 Å². The molecule has 1 N–H and O–H groups in total. The molecule has 1 unspecified atom stereocenters. The van der Waals surface area contributed by atoms with Crippen LogP contribution in [0.2, 0.25) is 0 Å². The smallest absolute Gasteiger partial charge is 0.270 e. The standard InChI is InChI=1S/C28H36FN3OS/c1-19(2)20(3)30-27(33)25-18-34-26(31-25)17-32(16-22-9-13-24(29)14-10-22)15-21-7-11-23(12-8-21)28(4,5)6/h7-14,18-20H,15-17H2,1-6H3,(H,30,33). The summed E-state index contributed by atoms with van der Waals surface area (Å²) >= 11 is 1.50. The van der Waals surface area contributed by atoms with Crippen LogP contribution in [0, 0.1) is 11.7 Å². The highest BCUT2D eigenvalue weighted by Gasteiger charge is 2.18. The van der Waals surface area contributed by atoms with Gasteiger partial charge in [0.25, 0.3) is 5.91 Å². The van der Waals surface area contributed by atoms with E-state index < -0.39 is 0 Å². The van der Waals surface area contributed by atoms with E-state index in [1.807, 2.05) is 24.4 Å². The maximum absolute atomic E-state index is 13.4. The Morgan fingerprint density at radius 2 is 1.53 bits per heavy atom. The fraction of sp³-hybridized carbons (Fsp3) is 0.429. The number of rotatable bonds is 9. The van der Waals surface area contributed by atoms with Gasteiger partial charge in [-0.1, -0.05) is 71.0 Å². The van der Waals surface area contributed by atoms with Crippen molar-refractivity contribution >= 4 is 17.2 Å². The number of aromatic nitrogens is 1. The molecule has 0 aliphatic carbocycles. The predicted molar refractivity (Wildman–Crippen MR) is 138 cm³/mol. The van der Waals surface area contributed by atoms with Crippen molar-refractivity contribution in [2.24, 2.45) is 5.92 Å². The summed E-state index contributed by atoms with van der Waals surface area (Å²) in [5.74, 6) is -0.0104. The van der Waals surface area contributed by atoms with E-state index in [0.29, 0.717) is 24.7 Å². The third-order valence-corrected chi connectivity index (χ3v) is 6.88. The lowest BCUT2D eigenvalue weighted by Gasteiger charge is -2.23. The van der Waals surface area contributed by atoms with E-state index in [1.165, 1.54) is 34.6 Å². The number of carbonyl (C=O) groups is 1. The highest BCUT2D eigenvalue weighted by molar-refractivity contribution is 7.09. The molecule has 0 aliphatic heterocycles. The number of thiazole rings is 1. The third kappa shape index (κ3) is 7.47. The summed E-state index contributed by atoms with van der Waals surface area (Å²) in [5.41, 5.74) is 4.11. The molecule has 4 nitrogen and oxygen atoms in total. The summed E-state index contributed by atoms with van der Waals surface area (Å²) in [6.45, 7) is 14.8. The summed E-state index contributed by atoms with van der Waals surface area (Å²) in [7, 11) is 0. The molecule has 1 heterocycles. The minimum Gasteiger partial charge on any atom is -0.348 e. The van der Waals surface area contributed by atoms with Crippen molar-refractivity contribution in [2.45, 2.75) is 72.6 Å². The molecule has 0 bridgehead atoms. The van der Waals surface area contributed by atoms with Gasteiger partial charge in [-0.3, -0.25) is 9.69 Å². The summed E-state index contributed by atoms with van der Waals surface area (Å²) in [5, 5.41) is 5.73. The normalized spacial score (nSPS) is 12.9. The van der Waals surface area contributed by atoms with Gasteiger partial charge in [0.15, 0.2) is 0 Å². The molecule has 0 spiro atoms. The molecule has 3 aromatic rings. The molecule has 0 fully saturated rings. The van der Waals surface area contributed by atoms with Crippen LogP contribution in [0.15, 0.2) is 53.9 Å². The van der Waals surface area contributed by atoms with Gasteiger partial charge in [-0.2, -0.15) is 0 Å². The molecule has 0 radical (unpaired) electrons. The van der Waals surface area contributed by atoms with Gasteiger partial charge >= 0.3 is 0 Å². The Morgan fingerprint density at radius 1 is 0.971 bits per heavy atom. The van der Waals surface area contributed by atoms with E-state index in [1.54, 1.807) is 0 Å². The minimum absolute atomic E-state index is 0.0868. The lowest BCUT2D eigenvalue weighted by atomic mass is 9.87. The van der Waals surface area contributed by atoms with Crippen molar-refractivity contribution in [3.05, 3.63) is 87.1 Å². The van der Waals surface area contributed by atoms with Crippen LogP contribution in [0.3, 0.4) is 0 Å². The SMILES string of the molecule is CC(C)C(C)NC(=O)c1csc(CN(Cc2ccc(F)cc2)Cc2ccc(C(C)(C)C)cc2)n1. The number of hydrogen-bond donors (Lipinski definition) is 1. The first-order chi connectivity index (χ1) is 16.0. The quantitative estimate of drug-likeness (QED) is 0.377. The minimum atomic E-state index is -0.237. The molecular weight excluding hydrogens is 445 g/mol. The molecule has 0 saturated heterocycles. The molecule has 34 heavy (non-hydrogen) atoms. The van der Waals surface area contributed by atoms with E-state index in [4.69, 9.17) is 0 Å². The van der Waals surface area contributed by atoms with Crippen LogP contribution >= 0.6 is 11.3 Å². The van der Waals surface area contributed by atoms with Crippen LogP contribution in [0.25, 0.3) is 0 Å². The zero-order chi connectivity index (χ0) is 24.9. The summed E-state index contributed by atoms with van der Waals surface area (Å²) in [4.78, 5) is 19.5. The Kier molecular flexibility index (Phi) is 8.61. The van der Waals surface area contributed by atoms with Gasteiger partial charge in [0, 0.05) is 24.5 Å². The van der Waals surface area contributed by atoms with Crippen molar-refractivity contribution < 1.29 is 9.18 Å². The van der Waals surface area contributed by atoms with Crippen molar-refractivity contribution in [3.63, 3.8) is 0 Å². The van der Waals surface area contributed by atoms with Gasteiger partial charge in [0.1, 0.15) is 16.5 Å². The topological polar surface area (TPSA) is 45.2 Å². The number of benzene rings is 2. The van der Waals surface area contributed by atoms with E-state index >= 15 is 0 Å². The number of carbonyl (C=O) groups excluding carboxylic acids is 1. The van der Waals surface area contributed by atoms with Gasteiger partial charge in [-0.05, 0) is 47.1 Å². The Hall–Kier alpha value is -2.57. The molecule has 182 valence electrons. The molecule has 6 heteroatoms. The van der Waals surface area contributed by atoms with Gasteiger partial charge in [0.2, 0.25) is 0 Å². The molecule has 1 atom stereocenters. The van der Waals surface area contributed by atoms with Gasteiger partial charge in [-0.25, -0.2) is 9.37 Å². The Bertz CT molecular complexity index is 1070. The van der Waals surface area contributed by atoms with Crippen LogP contribution in [0.1, 0.15) is 73.7 Å². The first-order valence-corrected chi connectivity index (χ1v) is 12.7. The van der Waals surface area contributed by atoms with Crippen LogP contribution in [0.4, 0.5) is 4.39 Å². The maximum Gasteiger partial charge on any atom is 0.270 e. The number of halogens is 1. The van der Waals surface area contributed by atoms with Crippen molar-refractivity contribution in [1.29, 1.82) is 0 Å². The zero-order valence-electron chi connectivity index (χ0n) is 21.1. The lowest BCUT2D eigenvalue weighted by Crippen LogP contribution is -2.36. The Balaban J connectivity index is 1.75. The van der Waals surface area contributed by atoms with Crippen molar-refractivity contribution in [2.75, 3.05) is 0 Å². The van der Waals surface area contributed by atoms with Crippen LogP contribution < -0.4 is 5.32 Å². The average molecular weight is 482 g/mol. The van der Waals surface area contributed by atoms with Crippen molar-refractivity contribution in [3.8, 4) is 0 Å². The maximum atomic E-state index is 13.4. The average Bonchev–Trinajstić information content (AvgIpc) is 3.23. The van der Waals surface area contributed by atoms with Gasteiger partial charge in [0.05, 0.1) is 6.54 Å². The van der Waals surface area contributed by atoms with E-state index in [0.717, 1.165) is 17.1 Å². The number of hydrogen-bond acceptors (Lipinski definition) is 4. The zero-order valence-corrected chi connectivity index (χ0v) is 21.9. The summed E-state index contributed by atoms with van der Waals surface area (Å²) < 4.78 is 13.4. The predicted octanol–water partition coefficient (Wildman–Crippen LogP) is 6.56. The summed E-state index contributed by atoms with van der Waals surface area (Å²) in [6, 6.07) is 15.4. The van der Waals surface area contributed by atoms with E-state index in [-0.39, 0.29) is 23.2 Å². The molecule has 1 aromatic heterocycles. The number of nitrogens with zero attached hydrogens (tertiary/aromatic N) is 2. The van der Waals surface area contributed by atoms with Gasteiger partial charge < -0.3 is 5.32 Å². The molecular formula is C28H36FN3OS. The summed E-state index contributed by atoms with van der Waals surface area (Å²) in [6.07, 6.45) is 0. The van der Waals surface area contributed by atoms with E-state index in [2.05, 4.69) is 74.1 Å². The van der Waals surface area contributed by atoms with E-state index in [9.17, 15) is 9.18 Å². The van der Waals surface area contributed by atoms with Gasteiger partial charge in [-0.15, -0.1) is 11.3 Å². The Morgan fingerprint density at radius 3 is 2.06 bits per heavy atom. The first kappa shape index (κ1) is 26.0. The monoisotopic (exact) mass is 481 g/mol. The first-order valence-electron chi connectivity index (χ1n) is 11.8. The molecule has 1 amide bonds. The molecule has 2 aromatic carbocycles. The molecule has 0 saturated carbocycles. The number of amides is 1. The second-order valence-electron chi connectivity index (χ2n) is 10.4. The second-order valence-corrected chi connectivity index (χ2v) is 11.3. The largest absolute Gasteiger partial charge is 0.348 e. The lowest BCUT2D eigenvalue weighted by molar-refractivity contribution is 0.0925. The van der Waals surface area contributed by atoms with Crippen LogP contribution in [-0.2, 0) is 25.0 Å². The fourth-order valence-corrected chi connectivity index (χ4v) is 4.33. The third-order valence-electron chi connectivity index (χ3n) is 6.05. The number of nitrogens with one attached hydrogen (secondary N) is 1. The molecule has 0 aliphatic rings. The highest BCUT2D eigenvalue weighted by atomic mass is 32.1. The fourth-order valence-electron chi connectivity index (χ4n) is 3.51. The van der Waals surface area contributed by atoms with Crippen LogP contribution in [-0.4, -0.2) is 21.8 Å². The van der Waals surface area contributed by atoms with Crippen molar-refractivity contribution in [1.82, 2.24) is 15.2 Å². The second kappa shape index (κ2) is 11.2. The molecule has 3 rings (SSSR count).